The summed E-state index contributed by atoms with van der Waals surface area (Å²) >= 11 is 3.40. The van der Waals surface area contributed by atoms with Gasteiger partial charge in [0.25, 0.3) is 5.91 Å². The molecule has 29 heavy (non-hydrogen) atoms. The van der Waals surface area contributed by atoms with Gasteiger partial charge in [-0.15, -0.1) is 0 Å². The van der Waals surface area contributed by atoms with Crippen LogP contribution in [0.1, 0.15) is 27.5 Å². The number of carboxylic acids is 1. The molecule has 2 heterocycles. The summed E-state index contributed by atoms with van der Waals surface area (Å²) in [6, 6.07) is 14.5. The molecule has 0 spiro atoms. The number of halogens is 1. The van der Waals surface area contributed by atoms with Crippen molar-refractivity contribution >= 4 is 39.3 Å². The second-order valence-corrected chi connectivity index (χ2v) is 7.54. The molecule has 1 aliphatic heterocycles. The summed E-state index contributed by atoms with van der Waals surface area (Å²) < 4.78 is 2.53. The highest BCUT2D eigenvalue weighted by Gasteiger charge is 2.29. The van der Waals surface area contributed by atoms with Gasteiger partial charge in [-0.05, 0) is 42.3 Å². The Kier molecular flexibility index (Phi) is 4.94. The van der Waals surface area contributed by atoms with Crippen molar-refractivity contribution < 1.29 is 14.7 Å². The van der Waals surface area contributed by atoms with E-state index in [4.69, 9.17) is 0 Å². The number of hydrogen-bond acceptors (Lipinski definition) is 4. The molecule has 0 fully saturated rings. The summed E-state index contributed by atoms with van der Waals surface area (Å²) in [4.78, 5) is 24.6. The van der Waals surface area contributed by atoms with Crippen LogP contribution in [0, 0.1) is 6.92 Å². The number of para-hydroxylation sites is 1. The summed E-state index contributed by atoms with van der Waals surface area (Å²) in [5, 5.41) is 19.6. The van der Waals surface area contributed by atoms with Crippen LogP contribution >= 0.6 is 15.9 Å². The van der Waals surface area contributed by atoms with Gasteiger partial charge in [0, 0.05) is 10.2 Å². The molecule has 7 nitrogen and oxygen atoms in total. The first-order chi connectivity index (χ1) is 13.9. The van der Waals surface area contributed by atoms with E-state index in [-0.39, 0.29) is 17.2 Å². The van der Waals surface area contributed by atoms with Crippen molar-refractivity contribution in [3.8, 4) is 0 Å². The fraction of sp³-hybridized carbons (Fsp3) is 0.0952. The molecular weight excluding hydrogens is 436 g/mol. The molecule has 1 amide bonds. The van der Waals surface area contributed by atoms with Crippen molar-refractivity contribution in [2.45, 2.75) is 13.0 Å². The van der Waals surface area contributed by atoms with Crippen molar-refractivity contribution in [3.05, 3.63) is 87.7 Å². The number of hydrogen-bond donors (Lipinski definition) is 3. The van der Waals surface area contributed by atoms with Gasteiger partial charge >= 0.3 is 5.97 Å². The van der Waals surface area contributed by atoms with E-state index in [0.29, 0.717) is 11.5 Å². The number of rotatable bonds is 4. The smallest absolute Gasteiger partial charge is 0.352 e. The fourth-order valence-corrected chi connectivity index (χ4v) is 3.45. The Labute approximate surface area is 175 Å². The lowest BCUT2D eigenvalue weighted by atomic mass is 10.0. The van der Waals surface area contributed by atoms with E-state index in [1.807, 2.05) is 55.5 Å². The predicted molar refractivity (Wildman–Crippen MR) is 113 cm³/mol. The molecule has 2 aromatic carbocycles. The molecule has 3 N–H and O–H groups in total. The van der Waals surface area contributed by atoms with Gasteiger partial charge in [0.15, 0.2) is 0 Å². The summed E-state index contributed by atoms with van der Waals surface area (Å²) in [6.45, 7) is 1.90. The molecule has 1 aromatic heterocycles. The van der Waals surface area contributed by atoms with E-state index in [1.54, 1.807) is 10.8 Å². The maximum absolute atomic E-state index is 12.9. The van der Waals surface area contributed by atoms with Gasteiger partial charge < -0.3 is 15.7 Å². The highest BCUT2D eigenvalue weighted by Crippen LogP contribution is 2.33. The number of carbonyl (C=O) groups is 2. The van der Waals surface area contributed by atoms with Crippen molar-refractivity contribution in [3.63, 3.8) is 0 Å². The third-order valence-corrected chi connectivity index (χ3v) is 5.25. The van der Waals surface area contributed by atoms with Crippen LogP contribution in [0.4, 0.5) is 11.5 Å². The maximum Gasteiger partial charge on any atom is 0.352 e. The fourth-order valence-electron chi connectivity index (χ4n) is 3.19. The predicted octanol–water partition coefficient (Wildman–Crippen LogP) is 4.19. The van der Waals surface area contributed by atoms with Crippen LogP contribution in [0.3, 0.4) is 0 Å². The standard InChI is InChI=1S/C21H17BrN4O3/c1-12-4-2-3-5-16(12)25-20(27)15-11-23-26-18(13-6-8-14(22)9-7-13)10-17(21(28)29)24-19(15)26/h2-11,18,24H,1H3,(H,25,27)(H,28,29)/t18-/m1/s1. The number of aryl methyl sites for hydroxylation is 1. The summed E-state index contributed by atoms with van der Waals surface area (Å²) in [6.07, 6.45) is 3.02. The lowest BCUT2D eigenvalue weighted by molar-refractivity contribution is -0.132. The van der Waals surface area contributed by atoms with Gasteiger partial charge in [0.05, 0.1) is 12.2 Å². The van der Waals surface area contributed by atoms with Gasteiger partial charge in [0.1, 0.15) is 17.1 Å². The first-order valence-electron chi connectivity index (χ1n) is 8.86. The lowest BCUT2D eigenvalue weighted by Gasteiger charge is -2.24. The average molecular weight is 453 g/mol. The Morgan fingerprint density at radius 1 is 1.17 bits per heavy atom. The molecule has 0 saturated heterocycles. The minimum absolute atomic E-state index is 0.00383. The zero-order valence-corrected chi connectivity index (χ0v) is 17.0. The number of nitrogens with one attached hydrogen (secondary N) is 2. The minimum Gasteiger partial charge on any atom is -0.477 e. The first-order valence-corrected chi connectivity index (χ1v) is 9.65. The second-order valence-electron chi connectivity index (χ2n) is 6.63. The largest absolute Gasteiger partial charge is 0.477 e. The molecule has 3 aromatic rings. The van der Waals surface area contributed by atoms with Crippen LogP contribution < -0.4 is 10.6 Å². The van der Waals surface area contributed by atoms with E-state index >= 15 is 0 Å². The van der Waals surface area contributed by atoms with E-state index in [0.717, 1.165) is 15.6 Å². The number of carboxylic acid groups (broad SMARTS) is 1. The summed E-state index contributed by atoms with van der Waals surface area (Å²) in [5.41, 5.74) is 2.72. The highest BCUT2D eigenvalue weighted by molar-refractivity contribution is 9.10. The second kappa shape index (κ2) is 7.56. The SMILES string of the molecule is Cc1ccccc1NC(=O)c1cnn2c1NC(C(=O)O)=C[C@@H]2c1ccc(Br)cc1. The quantitative estimate of drug-likeness (QED) is 0.551. The third kappa shape index (κ3) is 3.66. The number of aromatic nitrogens is 2. The Morgan fingerprint density at radius 3 is 2.59 bits per heavy atom. The number of aliphatic carboxylic acids is 1. The van der Waals surface area contributed by atoms with Crippen molar-refractivity contribution in [2.24, 2.45) is 0 Å². The molecule has 1 atom stereocenters. The zero-order chi connectivity index (χ0) is 20.5. The number of carbonyl (C=O) groups excluding carboxylic acids is 1. The lowest BCUT2D eigenvalue weighted by Crippen LogP contribution is -2.25. The van der Waals surface area contributed by atoms with Crippen LogP contribution in [0.15, 0.2) is 71.0 Å². The Hall–Kier alpha value is -3.39. The molecule has 0 unspecified atom stereocenters. The monoisotopic (exact) mass is 452 g/mol. The van der Waals surface area contributed by atoms with Crippen molar-refractivity contribution in [1.82, 2.24) is 9.78 Å². The molecule has 0 radical (unpaired) electrons. The summed E-state index contributed by atoms with van der Waals surface area (Å²) in [5.74, 6) is -1.14. The first kappa shape index (κ1) is 18.9. The van der Waals surface area contributed by atoms with Crippen LogP contribution in [0.25, 0.3) is 0 Å². The molecule has 0 saturated carbocycles. The minimum atomic E-state index is -1.11. The Balaban J connectivity index is 1.73. The molecular formula is C21H17BrN4O3. The normalized spacial score (nSPS) is 15.1. The van der Waals surface area contributed by atoms with Crippen LogP contribution in [-0.4, -0.2) is 26.8 Å². The van der Waals surface area contributed by atoms with Gasteiger partial charge in [0.2, 0.25) is 0 Å². The van der Waals surface area contributed by atoms with E-state index in [9.17, 15) is 14.7 Å². The van der Waals surface area contributed by atoms with Crippen LogP contribution in [-0.2, 0) is 4.79 Å². The van der Waals surface area contributed by atoms with Gasteiger partial charge in [-0.25, -0.2) is 9.48 Å². The Bertz CT molecular complexity index is 1140. The average Bonchev–Trinajstić information content (AvgIpc) is 3.14. The van der Waals surface area contributed by atoms with Crippen LogP contribution in [0.5, 0.6) is 0 Å². The Morgan fingerprint density at radius 2 is 1.90 bits per heavy atom. The number of amides is 1. The van der Waals surface area contributed by atoms with E-state index in [1.165, 1.54) is 6.20 Å². The van der Waals surface area contributed by atoms with Gasteiger partial charge in [-0.1, -0.05) is 46.3 Å². The van der Waals surface area contributed by atoms with E-state index < -0.39 is 12.0 Å². The zero-order valence-electron chi connectivity index (χ0n) is 15.4. The molecule has 146 valence electrons. The number of fused-ring (bicyclic) bond motifs is 1. The summed E-state index contributed by atoms with van der Waals surface area (Å²) in [7, 11) is 0. The highest BCUT2D eigenvalue weighted by atomic mass is 79.9. The number of anilines is 2. The van der Waals surface area contributed by atoms with Crippen LogP contribution in [0.2, 0.25) is 0 Å². The molecule has 4 rings (SSSR count). The molecule has 8 heteroatoms. The van der Waals surface area contributed by atoms with Gasteiger partial charge in [-0.3, -0.25) is 4.79 Å². The molecule has 0 aliphatic carbocycles. The van der Waals surface area contributed by atoms with E-state index in [2.05, 4.69) is 31.7 Å². The molecule has 0 bridgehead atoms. The van der Waals surface area contributed by atoms with Crippen molar-refractivity contribution in [1.29, 1.82) is 0 Å². The molecule has 1 aliphatic rings. The number of benzene rings is 2. The number of nitrogens with zero attached hydrogens (tertiary/aromatic N) is 2. The third-order valence-electron chi connectivity index (χ3n) is 4.72. The van der Waals surface area contributed by atoms with Crippen molar-refractivity contribution in [2.75, 3.05) is 10.6 Å². The maximum atomic E-state index is 12.9. The topological polar surface area (TPSA) is 96.3 Å². The van der Waals surface area contributed by atoms with Gasteiger partial charge in [-0.2, -0.15) is 5.10 Å². The number of allylic oxidation sites excluding steroid dienone is 1.